The van der Waals surface area contributed by atoms with Crippen LogP contribution in [0, 0.1) is 0 Å². The molecule has 0 unspecified atom stereocenters. The van der Waals surface area contributed by atoms with Crippen LogP contribution in [0.2, 0.25) is 0 Å². The van der Waals surface area contributed by atoms with E-state index in [1.54, 1.807) is 47.9 Å². The number of hydrogen-bond acceptors (Lipinski definition) is 5. The molecular weight excluding hydrogens is 386 g/mol. The van der Waals surface area contributed by atoms with Crippen LogP contribution in [0.3, 0.4) is 0 Å². The number of nitrogens with one attached hydrogen (secondary N) is 2. The maximum atomic E-state index is 12.7. The molecule has 3 aromatic rings. The zero-order chi connectivity index (χ0) is 20.1. The number of rotatable bonds is 9. The van der Waals surface area contributed by atoms with Crippen molar-refractivity contribution in [2.45, 2.75) is 32.0 Å². The van der Waals surface area contributed by atoms with Crippen molar-refractivity contribution < 1.29 is 14.0 Å². The number of anilines is 1. The average molecular weight is 410 g/mol. The topological polar surface area (TPSA) is 74.6 Å². The fourth-order valence-electron chi connectivity index (χ4n) is 3.20. The minimum absolute atomic E-state index is 0.111. The van der Waals surface area contributed by atoms with Crippen LogP contribution in [-0.4, -0.2) is 29.3 Å². The maximum absolute atomic E-state index is 12.7. The predicted octanol–water partition coefficient (Wildman–Crippen LogP) is 3.87. The summed E-state index contributed by atoms with van der Waals surface area (Å²) in [5, 5.41) is 7.79. The summed E-state index contributed by atoms with van der Waals surface area (Å²) in [6.07, 6.45) is 3.83. The van der Waals surface area contributed by atoms with E-state index in [1.165, 1.54) is 4.88 Å². The van der Waals surface area contributed by atoms with E-state index in [2.05, 4.69) is 27.0 Å². The van der Waals surface area contributed by atoms with Crippen LogP contribution in [0.4, 0.5) is 5.69 Å². The van der Waals surface area contributed by atoms with Gasteiger partial charge in [-0.3, -0.25) is 14.5 Å². The highest BCUT2D eigenvalue weighted by Crippen LogP contribution is 2.29. The number of carbonyl (C=O) groups is 2. The Morgan fingerprint density at radius 1 is 1.10 bits per heavy atom. The molecule has 7 heteroatoms. The SMILES string of the molecule is O=C(CN(Cc1cccs1)C1CC1)Nc1ccccc1C(=O)NCc1ccco1. The van der Waals surface area contributed by atoms with Gasteiger partial charge in [-0.05, 0) is 48.6 Å². The van der Waals surface area contributed by atoms with Gasteiger partial charge in [-0.25, -0.2) is 0 Å². The number of amides is 2. The average Bonchev–Trinajstić information content (AvgIpc) is 3.20. The predicted molar refractivity (Wildman–Crippen MR) is 113 cm³/mol. The largest absolute Gasteiger partial charge is 0.467 e. The Morgan fingerprint density at radius 2 is 1.97 bits per heavy atom. The van der Waals surface area contributed by atoms with Crippen LogP contribution in [-0.2, 0) is 17.9 Å². The lowest BCUT2D eigenvalue weighted by atomic mass is 10.1. The van der Waals surface area contributed by atoms with E-state index in [4.69, 9.17) is 4.42 Å². The van der Waals surface area contributed by atoms with Gasteiger partial charge in [0.25, 0.3) is 5.91 Å². The highest BCUT2D eigenvalue weighted by atomic mass is 32.1. The van der Waals surface area contributed by atoms with Crippen LogP contribution >= 0.6 is 11.3 Å². The highest BCUT2D eigenvalue weighted by Gasteiger charge is 2.30. The van der Waals surface area contributed by atoms with E-state index in [-0.39, 0.29) is 11.8 Å². The molecule has 6 nitrogen and oxygen atoms in total. The summed E-state index contributed by atoms with van der Waals surface area (Å²) in [5.41, 5.74) is 0.949. The molecule has 1 aromatic carbocycles. The highest BCUT2D eigenvalue weighted by molar-refractivity contribution is 7.09. The summed E-state index contributed by atoms with van der Waals surface area (Å²) in [7, 11) is 0. The molecule has 4 rings (SSSR count). The van der Waals surface area contributed by atoms with Gasteiger partial charge in [0.1, 0.15) is 5.76 Å². The standard InChI is InChI=1S/C22H23N3O3S/c26-21(15-25(16-9-10-16)14-18-6-4-12-29-18)24-20-8-2-1-7-19(20)22(27)23-13-17-5-3-11-28-17/h1-8,11-12,16H,9-10,13-15H2,(H,23,27)(H,24,26). The Kier molecular flexibility index (Phi) is 6.07. The second-order valence-electron chi connectivity index (χ2n) is 7.07. The Morgan fingerprint density at radius 3 is 2.69 bits per heavy atom. The van der Waals surface area contributed by atoms with Crippen molar-refractivity contribution in [1.29, 1.82) is 0 Å². The number of benzene rings is 1. The number of hydrogen-bond donors (Lipinski definition) is 2. The number of nitrogens with zero attached hydrogens (tertiary/aromatic N) is 1. The first-order valence-corrected chi connectivity index (χ1v) is 10.5. The number of thiophene rings is 1. The van der Waals surface area contributed by atoms with Crippen molar-refractivity contribution in [1.82, 2.24) is 10.2 Å². The molecule has 29 heavy (non-hydrogen) atoms. The minimum atomic E-state index is -0.255. The molecule has 1 fully saturated rings. The molecular formula is C22H23N3O3S. The van der Waals surface area contributed by atoms with Crippen molar-refractivity contribution in [2.75, 3.05) is 11.9 Å². The van der Waals surface area contributed by atoms with Gasteiger partial charge in [-0.2, -0.15) is 0 Å². The number of para-hydroxylation sites is 1. The van der Waals surface area contributed by atoms with Gasteiger partial charge < -0.3 is 15.1 Å². The summed E-state index contributed by atoms with van der Waals surface area (Å²) in [6, 6.07) is 15.2. The van der Waals surface area contributed by atoms with Crippen LogP contribution in [0.5, 0.6) is 0 Å². The van der Waals surface area contributed by atoms with Crippen LogP contribution in [0.15, 0.2) is 64.6 Å². The summed E-state index contributed by atoms with van der Waals surface area (Å²) in [6.45, 7) is 1.39. The smallest absolute Gasteiger partial charge is 0.253 e. The Labute approximate surface area is 173 Å². The number of carbonyl (C=O) groups excluding carboxylic acids is 2. The Hall–Kier alpha value is -2.90. The van der Waals surface area contributed by atoms with Crippen molar-refractivity contribution >= 4 is 28.8 Å². The lowest BCUT2D eigenvalue weighted by Gasteiger charge is -2.21. The Balaban J connectivity index is 1.38. The van der Waals surface area contributed by atoms with E-state index < -0.39 is 0 Å². The van der Waals surface area contributed by atoms with Crippen molar-refractivity contribution in [2.24, 2.45) is 0 Å². The van der Waals surface area contributed by atoms with Crippen molar-refractivity contribution in [3.8, 4) is 0 Å². The van der Waals surface area contributed by atoms with Crippen molar-refractivity contribution in [3.63, 3.8) is 0 Å². The Bertz CT molecular complexity index is 950. The molecule has 0 radical (unpaired) electrons. The van der Waals surface area contributed by atoms with E-state index in [1.807, 2.05) is 12.1 Å². The lowest BCUT2D eigenvalue weighted by Crippen LogP contribution is -2.34. The molecule has 1 aliphatic rings. The fraction of sp³-hybridized carbons (Fsp3) is 0.273. The van der Waals surface area contributed by atoms with Gasteiger partial charge in [-0.1, -0.05) is 18.2 Å². The molecule has 0 aliphatic heterocycles. The molecule has 150 valence electrons. The molecule has 0 bridgehead atoms. The maximum Gasteiger partial charge on any atom is 0.253 e. The fourth-order valence-corrected chi connectivity index (χ4v) is 3.93. The minimum Gasteiger partial charge on any atom is -0.467 e. The molecule has 0 saturated heterocycles. The first kappa shape index (κ1) is 19.4. The quantitative estimate of drug-likeness (QED) is 0.563. The molecule has 2 amide bonds. The van der Waals surface area contributed by atoms with Gasteiger partial charge in [0.05, 0.1) is 30.6 Å². The summed E-state index contributed by atoms with van der Waals surface area (Å²) < 4.78 is 5.24. The van der Waals surface area contributed by atoms with Gasteiger partial charge in [-0.15, -0.1) is 11.3 Å². The van der Waals surface area contributed by atoms with Gasteiger partial charge >= 0.3 is 0 Å². The molecule has 0 atom stereocenters. The molecule has 1 saturated carbocycles. The molecule has 2 aromatic heterocycles. The molecule has 2 N–H and O–H groups in total. The number of furan rings is 1. The van der Waals surface area contributed by atoms with E-state index in [0.29, 0.717) is 36.1 Å². The zero-order valence-electron chi connectivity index (χ0n) is 16.0. The second kappa shape index (κ2) is 9.07. The van der Waals surface area contributed by atoms with Crippen LogP contribution in [0.25, 0.3) is 0 Å². The molecule has 2 heterocycles. The van der Waals surface area contributed by atoms with E-state index in [0.717, 1.165) is 19.4 Å². The summed E-state index contributed by atoms with van der Waals surface area (Å²) in [4.78, 5) is 28.7. The van der Waals surface area contributed by atoms with Gasteiger partial charge in [0.2, 0.25) is 5.91 Å². The third-order valence-electron chi connectivity index (χ3n) is 4.80. The van der Waals surface area contributed by atoms with E-state index in [9.17, 15) is 9.59 Å². The van der Waals surface area contributed by atoms with Gasteiger partial charge in [0, 0.05) is 17.5 Å². The normalized spacial score (nSPS) is 13.4. The van der Waals surface area contributed by atoms with Crippen LogP contribution < -0.4 is 10.6 Å². The molecule has 0 spiro atoms. The monoisotopic (exact) mass is 409 g/mol. The van der Waals surface area contributed by atoms with Crippen molar-refractivity contribution in [3.05, 3.63) is 76.4 Å². The lowest BCUT2D eigenvalue weighted by molar-refractivity contribution is -0.117. The first-order chi connectivity index (χ1) is 14.2. The van der Waals surface area contributed by atoms with Crippen LogP contribution in [0.1, 0.15) is 33.8 Å². The molecule has 1 aliphatic carbocycles. The first-order valence-electron chi connectivity index (χ1n) is 9.65. The van der Waals surface area contributed by atoms with E-state index >= 15 is 0 Å². The third kappa shape index (κ3) is 5.34. The summed E-state index contributed by atoms with van der Waals surface area (Å²) in [5.74, 6) is 0.309. The zero-order valence-corrected chi connectivity index (χ0v) is 16.8. The van der Waals surface area contributed by atoms with Gasteiger partial charge in [0.15, 0.2) is 0 Å². The second-order valence-corrected chi connectivity index (χ2v) is 8.10. The third-order valence-corrected chi connectivity index (χ3v) is 5.66. The summed E-state index contributed by atoms with van der Waals surface area (Å²) >= 11 is 1.70.